The maximum atomic E-state index is 12.8. The van der Waals surface area contributed by atoms with Crippen LogP contribution in [0, 0.1) is 0 Å². The minimum atomic E-state index is -0.219. The van der Waals surface area contributed by atoms with Gasteiger partial charge in [-0.1, -0.05) is 84.2 Å². The Bertz CT molecular complexity index is 1290. The third-order valence-corrected chi connectivity index (χ3v) is 8.52. The summed E-state index contributed by atoms with van der Waals surface area (Å²) < 4.78 is 6.05. The molecule has 0 saturated heterocycles. The zero-order valence-corrected chi connectivity index (χ0v) is 21.0. The second-order valence-corrected chi connectivity index (χ2v) is 11.6. The van der Waals surface area contributed by atoms with Gasteiger partial charge in [0, 0.05) is 28.0 Å². The van der Waals surface area contributed by atoms with E-state index < -0.39 is 0 Å². The molecule has 2 aromatic heterocycles. The number of ether oxygens (including phenoxy) is 1. The number of hydrogen-bond acceptors (Lipinski definition) is 7. The Morgan fingerprint density at radius 1 is 1.03 bits per heavy atom. The Morgan fingerprint density at radius 3 is 2.52 bits per heavy atom. The van der Waals surface area contributed by atoms with Crippen molar-refractivity contribution in [3.8, 4) is 0 Å². The summed E-state index contributed by atoms with van der Waals surface area (Å²) in [6, 6.07) is 19.8. The van der Waals surface area contributed by atoms with E-state index in [2.05, 4.69) is 26.0 Å². The Kier molecular flexibility index (Phi) is 6.56. The Labute approximate surface area is 206 Å². The van der Waals surface area contributed by atoms with Crippen LogP contribution >= 0.6 is 34.9 Å². The molecule has 2 aromatic carbocycles. The summed E-state index contributed by atoms with van der Waals surface area (Å²) >= 11 is 4.85. The Balaban J connectivity index is 1.48. The van der Waals surface area contributed by atoms with Crippen LogP contribution in [-0.4, -0.2) is 27.1 Å². The maximum Gasteiger partial charge on any atom is 0.190 e. The standard InChI is InChI=1S/C26H24N2O2S3/c1-26(2)13-19-21(14-30-26)33-24-22(19)23(31-16-20(29)18-11-7-4-8-12-18)27-25(28-24)32-15-17-9-5-3-6-10-17/h3-12H,13-16H2,1-2H3. The lowest BCUT2D eigenvalue weighted by atomic mass is 9.95. The van der Waals surface area contributed by atoms with Crippen LogP contribution in [0.5, 0.6) is 0 Å². The number of carbonyl (C=O) groups is 1. The molecule has 0 radical (unpaired) electrons. The first kappa shape index (κ1) is 22.6. The summed E-state index contributed by atoms with van der Waals surface area (Å²) in [5, 5.41) is 2.75. The fourth-order valence-corrected chi connectivity index (χ4v) is 6.86. The molecule has 0 atom stereocenters. The molecule has 3 heterocycles. The molecular formula is C26H24N2O2S3. The van der Waals surface area contributed by atoms with Gasteiger partial charge in [0.15, 0.2) is 10.9 Å². The highest BCUT2D eigenvalue weighted by atomic mass is 32.2. The maximum absolute atomic E-state index is 12.8. The number of thiophene rings is 1. The van der Waals surface area contributed by atoms with Gasteiger partial charge < -0.3 is 4.74 Å². The normalized spacial score (nSPS) is 14.8. The van der Waals surface area contributed by atoms with E-state index in [0.29, 0.717) is 12.4 Å². The third-order valence-electron chi connectivity index (χ3n) is 5.52. The number of thioether (sulfide) groups is 2. The number of rotatable bonds is 7. The largest absolute Gasteiger partial charge is 0.370 e. The van der Waals surface area contributed by atoms with Crippen LogP contribution in [0.25, 0.3) is 10.2 Å². The minimum absolute atomic E-state index is 0.110. The highest BCUT2D eigenvalue weighted by molar-refractivity contribution is 8.00. The van der Waals surface area contributed by atoms with Gasteiger partial charge in [-0.2, -0.15) is 0 Å². The number of fused-ring (bicyclic) bond motifs is 3. The number of nitrogens with zero attached hydrogens (tertiary/aromatic N) is 2. The molecule has 0 aliphatic carbocycles. The van der Waals surface area contributed by atoms with Crippen LogP contribution in [0.15, 0.2) is 70.8 Å². The van der Waals surface area contributed by atoms with Crippen LogP contribution < -0.4 is 0 Å². The highest BCUT2D eigenvalue weighted by Gasteiger charge is 2.31. The molecule has 5 rings (SSSR count). The summed E-state index contributed by atoms with van der Waals surface area (Å²) in [6.07, 6.45) is 0.822. The van der Waals surface area contributed by atoms with Crippen LogP contribution in [-0.2, 0) is 23.5 Å². The van der Waals surface area contributed by atoms with Gasteiger partial charge in [0.25, 0.3) is 0 Å². The van der Waals surface area contributed by atoms with Crippen molar-refractivity contribution in [2.45, 2.75) is 48.4 Å². The molecule has 168 valence electrons. The van der Waals surface area contributed by atoms with Crippen molar-refractivity contribution in [1.82, 2.24) is 9.97 Å². The van der Waals surface area contributed by atoms with Crippen molar-refractivity contribution >= 4 is 50.9 Å². The number of carbonyl (C=O) groups excluding carboxylic acids is 1. The Morgan fingerprint density at radius 2 is 1.76 bits per heavy atom. The molecule has 1 aliphatic rings. The summed E-state index contributed by atoms with van der Waals surface area (Å²) in [5.41, 5.74) is 3.03. The molecular weight excluding hydrogens is 468 g/mol. The summed E-state index contributed by atoms with van der Waals surface area (Å²) in [4.78, 5) is 24.8. The molecule has 0 saturated carbocycles. The number of aromatic nitrogens is 2. The number of Topliss-reactive ketones (excluding diaryl/α,β-unsaturated/α-hetero) is 1. The lowest BCUT2D eigenvalue weighted by Crippen LogP contribution is -2.31. The van der Waals surface area contributed by atoms with E-state index in [1.54, 1.807) is 23.1 Å². The van der Waals surface area contributed by atoms with Crippen molar-refractivity contribution in [3.05, 3.63) is 82.2 Å². The number of hydrogen-bond donors (Lipinski definition) is 0. The smallest absolute Gasteiger partial charge is 0.190 e. The SMILES string of the molecule is CC1(C)Cc2c(sc3nc(SCc4ccccc4)nc(SCC(=O)c4ccccc4)c23)CO1. The lowest BCUT2D eigenvalue weighted by molar-refractivity contribution is -0.0379. The fourth-order valence-electron chi connectivity index (χ4n) is 3.83. The average molecular weight is 493 g/mol. The predicted octanol–water partition coefficient (Wildman–Crippen LogP) is 6.81. The molecule has 4 aromatic rings. The molecule has 1 aliphatic heterocycles. The van der Waals surface area contributed by atoms with Crippen molar-refractivity contribution in [3.63, 3.8) is 0 Å². The van der Waals surface area contributed by atoms with E-state index in [4.69, 9.17) is 14.7 Å². The molecule has 0 amide bonds. The zero-order chi connectivity index (χ0) is 22.8. The summed E-state index contributed by atoms with van der Waals surface area (Å²) in [7, 11) is 0. The zero-order valence-electron chi connectivity index (χ0n) is 18.5. The van der Waals surface area contributed by atoms with Crippen LogP contribution in [0.2, 0.25) is 0 Å². The van der Waals surface area contributed by atoms with Gasteiger partial charge in [0.1, 0.15) is 9.86 Å². The molecule has 33 heavy (non-hydrogen) atoms. The van der Waals surface area contributed by atoms with Crippen molar-refractivity contribution in [1.29, 1.82) is 0 Å². The van der Waals surface area contributed by atoms with Gasteiger partial charge >= 0.3 is 0 Å². The molecule has 4 nitrogen and oxygen atoms in total. The quantitative estimate of drug-likeness (QED) is 0.122. The van der Waals surface area contributed by atoms with E-state index in [-0.39, 0.29) is 11.4 Å². The van der Waals surface area contributed by atoms with E-state index >= 15 is 0 Å². The molecule has 0 unspecified atom stereocenters. The van der Waals surface area contributed by atoms with Gasteiger partial charge in [-0.05, 0) is 25.0 Å². The predicted molar refractivity (Wildman–Crippen MR) is 137 cm³/mol. The summed E-state index contributed by atoms with van der Waals surface area (Å²) in [6.45, 7) is 4.84. The van der Waals surface area contributed by atoms with Crippen LogP contribution in [0.4, 0.5) is 0 Å². The van der Waals surface area contributed by atoms with Crippen LogP contribution in [0.1, 0.15) is 40.2 Å². The molecule has 0 bridgehead atoms. The van der Waals surface area contributed by atoms with Crippen molar-refractivity contribution in [2.75, 3.05) is 5.75 Å². The molecule has 0 fully saturated rings. The molecule has 0 N–H and O–H groups in total. The van der Waals surface area contributed by atoms with E-state index in [1.807, 2.05) is 48.5 Å². The van der Waals surface area contributed by atoms with Gasteiger partial charge in [0.2, 0.25) is 0 Å². The second kappa shape index (κ2) is 9.58. The Hall–Kier alpha value is -2.19. The first-order valence-electron chi connectivity index (χ1n) is 10.8. The summed E-state index contributed by atoms with van der Waals surface area (Å²) in [5.74, 6) is 1.27. The molecule has 7 heteroatoms. The first-order valence-corrected chi connectivity index (χ1v) is 13.6. The van der Waals surface area contributed by atoms with E-state index in [1.165, 1.54) is 27.8 Å². The van der Waals surface area contributed by atoms with E-state index in [9.17, 15) is 4.79 Å². The van der Waals surface area contributed by atoms with Crippen molar-refractivity contribution < 1.29 is 9.53 Å². The third kappa shape index (κ3) is 5.17. The van der Waals surface area contributed by atoms with Gasteiger partial charge in [-0.3, -0.25) is 4.79 Å². The van der Waals surface area contributed by atoms with Gasteiger partial charge in [0.05, 0.1) is 18.0 Å². The van der Waals surface area contributed by atoms with E-state index in [0.717, 1.165) is 38.1 Å². The fraction of sp³-hybridized carbons (Fsp3) is 0.269. The second-order valence-electron chi connectivity index (χ2n) is 8.57. The minimum Gasteiger partial charge on any atom is -0.370 e. The van der Waals surface area contributed by atoms with Gasteiger partial charge in [-0.15, -0.1) is 11.3 Å². The average Bonchev–Trinajstić information content (AvgIpc) is 3.19. The topological polar surface area (TPSA) is 52.1 Å². The van der Waals surface area contributed by atoms with Crippen LogP contribution in [0.3, 0.4) is 0 Å². The van der Waals surface area contributed by atoms with Gasteiger partial charge in [-0.25, -0.2) is 9.97 Å². The number of ketones is 1. The monoisotopic (exact) mass is 492 g/mol. The van der Waals surface area contributed by atoms with Crippen molar-refractivity contribution in [2.24, 2.45) is 0 Å². The first-order chi connectivity index (χ1) is 16.0. The lowest BCUT2D eigenvalue weighted by Gasteiger charge is -2.30. The molecule has 0 spiro atoms. The number of benzene rings is 2. The highest BCUT2D eigenvalue weighted by Crippen LogP contribution is 2.42.